The summed E-state index contributed by atoms with van der Waals surface area (Å²) in [5.41, 5.74) is 1.13. The third-order valence-electron chi connectivity index (χ3n) is 3.68. The molecule has 1 fully saturated rings. The standard InChI is InChI=1S/C16H25NO3.ClH/c1-13-5-4-6-15(9-13)20-11-14(18)10-17-7-8-19-12-16(17,2)3;/h4-6,9,14,18H,7-8,10-12H2,1-3H3;1H. The Morgan fingerprint density at radius 1 is 1.43 bits per heavy atom. The number of nitrogens with zero attached hydrogens (tertiary/aromatic N) is 1. The molecule has 5 heteroatoms. The lowest BCUT2D eigenvalue weighted by molar-refractivity contribution is -0.0703. The first-order valence-corrected chi connectivity index (χ1v) is 7.18. The van der Waals surface area contributed by atoms with Gasteiger partial charge in [0.1, 0.15) is 18.5 Å². The molecular formula is C16H26ClNO3. The van der Waals surface area contributed by atoms with Crippen molar-refractivity contribution in [2.45, 2.75) is 32.4 Å². The topological polar surface area (TPSA) is 41.9 Å². The molecule has 0 bridgehead atoms. The van der Waals surface area contributed by atoms with Crippen LogP contribution in [0.3, 0.4) is 0 Å². The van der Waals surface area contributed by atoms with E-state index in [4.69, 9.17) is 9.47 Å². The van der Waals surface area contributed by atoms with E-state index in [1.807, 2.05) is 31.2 Å². The molecule has 1 saturated heterocycles. The number of morpholine rings is 1. The van der Waals surface area contributed by atoms with Crippen molar-refractivity contribution in [1.29, 1.82) is 0 Å². The van der Waals surface area contributed by atoms with Crippen LogP contribution in [0.1, 0.15) is 19.4 Å². The molecule has 1 atom stereocenters. The Morgan fingerprint density at radius 2 is 2.19 bits per heavy atom. The van der Waals surface area contributed by atoms with Gasteiger partial charge in [-0.2, -0.15) is 0 Å². The van der Waals surface area contributed by atoms with Crippen LogP contribution in [0, 0.1) is 6.92 Å². The van der Waals surface area contributed by atoms with Crippen molar-refractivity contribution in [3.8, 4) is 5.75 Å². The Balaban J connectivity index is 0.00000220. The third-order valence-corrected chi connectivity index (χ3v) is 3.68. The zero-order valence-corrected chi connectivity index (χ0v) is 13.9. The quantitative estimate of drug-likeness (QED) is 0.905. The first kappa shape index (κ1) is 18.2. The normalized spacial score (nSPS) is 19.6. The number of ether oxygens (including phenoxy) is 2. The number of rotatable bonds is 5. The van der Waals surface area contributed by atoms with Crippen molar-refractivity contribution in [2.24, 2.45) is 0 Å². The molecule has 1 unspecified atom stereocenters. The van der Waals surface area contributed by atoms with E-state index < -0.39 is 6.10 Å². The van der Waals surface area contributed by atoms with Gasteiger partial charge in [-0.25, -0.2) is 0 Å². The lowest BCUT2D eigenvalue weighted by Crippen LogP contribution is -2.55. The second-order valence-electron chi connectivity index (χ2n) is 6.09. The molecule has 1 aliphatic heterocycles. The van der Waals surface area contributed by atoms with Crippen LogP contribution in [-0.4, -0.2) is 54.6 Å². The zero-order valence-electron chi connectivity index (χ0n) is 13.0. The predicted molar refractivity (Wildman–Crippen MR) is 86.4 cm³/mol. The molecule has 0 amide bonds. The number of aryl methyl sites for hydroxylation is 1. The maximum Gasteiger partial charge on any atom is 0.119 e. The molecule has 0 saturated carbocycles. The molecular weight excluding hydrogens is 290 g/mol. The smallest absolute Gasteiger partial charge is 0.119 e. The summed E-state index contributed by atoms with van der Waals surface area (Å²) in [6.45, 7) is 9.53. The average molecular weight is 316 g/mol. The van der Waals surface area contributed by atoms with Crippen molar-refractivity contribution >= 4 is 12.4 Å². The van der Waals surface area contributed by atoms with Gasteiger partial charge in [0.25, 0.3) is 0 Å². The van der Waals surface area contributed by atoms with Crippen LogP contribution in [-0.2, 0) is 4.74 Å². The van der Waals surface area contributed by atoms with Gasteiger partial charge in [-0.15, -0.1) is 12.4 Å². The molecule has 2 rings (SSSR count). The van der Waals surface area contributed by atoms with Crippen LogP contribution < -0.4 is 4.74 Å². The molecule has 1 aromatic carbocycles. The van der Waals surface area contributed by atoms with Gasteiger partial charge in [-0.1, -0.05) is 12.1 Å². The molecule has 1 aromatic rings. The summed E-state index contributed by atoms with van der Waals surface area (Å²) < 4.78 is 11.1. The van der Waals surface area contributed by atoms with Crippen LogP contribution in [0.25, 0.3) is 0 Å². The van der Waals surface area contributed by atoms with E-state index in [0.29, 0.717) is 19.8 Å². The van der Waals surface area contributed by atoms with Crippen molar-refractivity contribution < 1.29 is 14.6 Å². The lowest BCUT2D eigenvalue weighted by atomic mass is 10.0. The van der Waals surface area contributed by atoms with Crippen molar-refractivity contribution in [2.75, 3.05) is 32.9 Å². The fourth-order valence-electron chi connectivity index (χ4n) is 2.43. The summed E-state index contributed by atoms with van der Waals surface area (Å²) in [5.74, 6) is 0.810. The van der Waals surface area contributed by atoms with Crippen molar-refractivity contribution in [3.63, 3.8) is 0 Å². The molecule has 1 N–H and O–H groups in total. The van der Waals surface area contributed by atoms with Gasteiger partial charge in [0.2, 0.25) is 0 Å². The van der Waals surface area contributed by atoms with E-state index in [2.05, 4.69) is 18.7 Å². The summed E-state index contributed by atoms with van der Waals surface area (Å²) in [4.78, 5) is 2.26. The first-order valence-electron chi connectivity index (χ1n) is 7.18. The Hall–Kier alpha value is -0.810. The number of hydrogen-bond donors (Lipinski definition) is 1. The van der Waals surface area contributed by atoms with Crippen LogP contribution in [0.2, 0.25) is 0 Å². The van der Waals surface area contributed by atoms with E-state index in [-0.39, 0.29) is 17.9 Å². The molecule has 21 heavy (non-hydrogen) atoms. The fourth-order valence-corrected chi connectivity index (χ4v) is 2.43. The Morgan fingerprint density at radius 3 is 2.86 bits per heavy atom. The van der Waals surface area contributed by atoms with Crippen molar-refractivity contribution in [1.82, 2.24) is 4.90 Å². The third kappa shape index (κ3) is 5.47. The molecule has 0 aromatic heterocycles. The lowest BCUT2D eigenvalue weighted by Gasteiger charge is -2.42. The number of benzene rings is 1. The Bertz CT molecular complexity index is 439. The minimum atomic E-state index is -0.493. The van der Waals surface area contributed by atoms with Gasteiger partial charge in [0.05, 0.1) is 13.2 Å². The van der Waals surface area contributed by atoms with Crippen LogP contribution in [0.15, 0.2) is 24.3 Å². The summed E-state index contributed by atoms with van der Waals surface area (Å²) >= 11 is 0. The fraction of sp³-hybridized carbons (Fsp3) is 0.625. The van der Waals surface area contributed by atoms with E-state index in [1.54, 1.807) is 0 Å². The number of aliphatic hydroxyl groups excluding tert-OH is 1. The minimum Gasteiger partial charge on any atom is -0.491 e. The largest absolute Gasteiger partial charge is 0.491 e. The highest BCUT2D eigenvalue weighted by Crippen LogP contribution is 2.19. The molecule has 0 aliphatic carbocycles. The second-order valence-corrected chi connectivity index (χ2v) is 6.09. The van der Waals surface area contributed by atoms with E-state index in [1.165, 1.54) is 0 Å². The number of hydrogen-bond acceptors (Lipinski definition) is 4. The zero-order chi connectivity index (χ0) is 14.6. The summed E-state index contributed by atoms with van der Waals surface area (Å²) in [6, 6.07) is 7.88. The predicted octanol–water partition coefficient (Wildman–Crippen LogP) is 2.27. The second kappa shape index (κ2) is 7.99. The molecule has 0 radical (unpaired) electrons. The molecule has 1 aliphatic rings. The monoisotopic (exact) mass is 315 g/mol. The highest BCUT2D eigenvalue weighted by molar-refractivity contribution is 5.85. The summed E-state index contributed by atoms with van der Waals surface area (Å²) in [5, 5.41) is 10.2. The van der Waals surface area contributed by atoms with E-state index >= 15 is 0 Å². The first-order chi connectivity index (χ1) is 9.47. The van der Waals surface area contributed by atoms with Crippen LogP contribution in [0.4, 0.5) is 0 Å². The van der Waals surface area contributed by atoms with Gasteiger partial charge in [-0.3, -0.25) is 4.90 Å². The highest BCUT2D eigenvalue weighted by atomic mass is 35.5. The van der Waals surface area contributed by atoms with Crippen LogP contribution in [0.5, 0.6) is 5.75 Å². The van der Waals surface area contributed by atoms with Gasteiger partial charge in [0.15, 0.2) is 0 Å². The molecule has 4 nitrogen and oxygen atoms in total. The number of aliphatic hydroxyl groups is 1. The van der Waals surface area contributed by atoms with Crippen molar-refractivity contribution in [3.05, 3.63) is 29.8 Å². The average Bonchev–Trinajstić information content (AvgIpc) is 2.39. The maximum absolute atomic E-state index is 10.2. The van der Waals surface area contributed by atoms with E-state index in [0.717, 1.165) is 24.5 Å². The van der Waals surface area contributed by atoms with Gasteiger partial charge in [-0.05, 0) is 38.5 Å². The Kier molecular flexibility index (Phi) is 6.94. The summed E-state index contributed by atoms with van der Waals surface area (Å²) in [7, 11) is 0. The minimum absolute atomic E-state index is 0. The van der Waals surface area contributed by atoms with Gasteiger partial charge in [0, 0.05) is 18.6 Å². The Labute approximate surface area is 133 Å². The van der Waals surface area contributed by atoms with Gasteiger partial charge < -0.3 is 14.6 Å². The highest BCUT2D eigenvalue weighted by Gasteiger charge is 2.31. The molecule has 0 spiro atoms. The van der Waals surface area contributed by atoms with E-state index in [9.17, 15) is 5.11 Å². The molecule has 1 heterocycles. The number of β-amino-alcohol motifs (C(OH)–C–C–N with tert-alkyl or cyclic N) is 1. The van der Waals surface area contributed by atoms with Crippen LogP contribution >= 0.6 is 12.4 Å². The SMILES string of the molecule is Cc1cccc(OCC(O)CN2CCOCC2(C)C)c1.Cl. The maximum atomic E-state index is 10.2. The number of halogens is 1. The van der Waals surface area contributed by atoms with Gasteiger partial charge >= 0.3 is 0 Å². The summed E-state index contributed by atoms with van der Waals surface area (Å²) in [6.07, 6.45) is -0.493. The molecule has 120 valence electrons.